The molecular formula is C14H18FNO3. The lowest BCUT2D eigenvalue weighted by atomic mass is 10.1. The smallest absolute Gasteiger partial charge is 0.260 e. The van der Waals surface area contributed by atoms with Crippen LogP contribution >= 0.6 is 0 Å². The second-order valence-corrected chi connectivity index (χ2v) is 4.73. The van der Waals surface area contributed by atoms with Gasteiger partial charge in [-0.25, -0.2) is 4.39 Å². The predicted molar refractivity (Wildman–Crippen MR) is 68.3 cm³/mol. The number of aliphatic hydroxyl groups is 1. The molecule has 2 rings (SSSR count). The maximum atomic E-state index is 13.2. The second-order valence-electron chi connectivity index (χ2n) is 4.73. The van der Waals surface area contributed by atoms with Gasteiger partial charge in [-0.1, -0.05) is 0 Å². The van der Waals surface area contributed by atoms with Crippen molar-refractivity contribution in [2.24, 2.45) is 0 Å². The summed E-state index contributed by atoms with van der Waals surface area (Å²) in [5.41, 5.74) is 0.482. The number of nitrogens with zero attached hydrogens (tertiary/aromatic N) is 1. The summed E-state index contributed by atoms with van der Waals surface area (Å²) in [6.45, 7) is 2.97. The molecular weight excluding hydrogens is 249 g/mol. The summed E-state index contributed by atoms with van der Waals surface area (Å²) in [6, 6.07) is 3.92. The highest BCUT2D eigenvalue weighted by atomic mass is 19.1. The van der Waals surface area contributed by atoms with Gasteiger partial charge in [0.2, 0.25) is 0 Å². The Morgan fingerprint density at radius 1 is 1.47 bits per heavy atom. The standard InChI is InChI=1S/C14H18FNO3/c1-10(17)12-5-4-11(15)8-13(12)19-9-14(18)16-6-2-3-7-16/h4-5,8,10,17H,2-3,6-7,9H2,1H3/t10-/m1/s1. The minimum Gasteiger partial charge on any atom is -0.483 e. The summed E-state index contributed by atoms with van der Waals surface area (Å²) in [4.78, 5) is 13.6. The first-order valence-electron chi connectivity index (χ1n) is 6.46. The van der Waals surface area contributed by atoms with Crippen molar-refractivity contribution in [3.05, 3.63) is 29.6 Å². The van der Waals surface area contributed by atoms with Gasteiger partial charge < -0.3 is 14.7 Å². The summed E-state index contributed by atoms with van der Waals surface area (Å²) in [6.07, 6.45) is 1.27. The second kappa shape index (κ2) is 6.02. The van der Waals surface area contributed by atoms with Gasteiger partial charge in [0, 0.05) is 24.7 Å². The Morgan fingerprint density at radius 2 is 2.16 bits per heavy atom. The molecule has 0 bridgehead atoms. The molecule has 0 aromatic heterocycles. The van der Waals surface area contributed by atoms with Gasteiger partial charge in [0.05, 0.1) is 6.10 Å². The van der Waals surface area contributed by atoms with Crippen molar-refractivity contribution in [1.29, 1.82) is 0 Å². The van der Waals surface area contributed by atoms with Crippen molar-refractivity contribution < 1.29 is 19.0 Å². The molecule has 1 aromatic rings. The average molecular weight is 267 g/mol. The molecule has 0 aliphatic carbocycles. The van der Waals surface area contributed by atoms with Gasteiger partial charge in [-0.2, -0.15) is 0 Å². The van der Waals surface area contributed by atoms with E-state index >= 15 is 0 Å². The SMILES string of the molecule is C[C@@H](O)c1ccc(F)cc1OCC(=O)N1CCCC1. The number of aliphatic hydroxyl groups excluding tert-OH is 1. The summed E-state index contributed by atoms with van der Waals surface area (Å²) in [5.74, 6) is -0.325. The van der Waals surface area contributed by atoms with Gasteiger partial charge >= 0.3 is 0 Å². The van der Waals surface area contributed by atoms with E-state index in [2.05, 4.69) is 0 Å². The van der Waals surface area contributed by atoms with Gasteiger partial charge in [0.1, 0.15) is 11.6 Å². The molecule has 1 saturated heterocycles. The fourth-order valence-electron chi connectivity index (χ4n) is 2.18. The number of amides is 1. The van der Waals surface area contributed by atoms with Crippen LogP contribution in [0.15, 0.2) is 18.2 Å². The molecule has 1 aliphatic heterocycles. The Balaban J connectivity index is 2.01. The molecule has 19 heavy (non-hydrogen) atoms. The van der Waals surface area contributed by atoms with E-state index in [0.29, 0.717) is 5.56 Å². The average Bonchev–Trinajstić information content (AvgIpc) is 2.89. The molecule has 0 unspecified atom stereocenters. The molecule has 0 saturated carbocycles. The van der Waals surface area contributed by atoms with Crippen LogP contribution in [0.5, 0.6) is 5.75 Å². The third-order valence-corrected chi connectivity index (χ3v) is 3.24. The zero-order valence-corrected chi connectivity index (χ0v) is 10.9. The van der Waals surface area contributed by atoms with E-state index in [9.17, 15) is 14.3 Å². The number of ether oxygens (including phenoxy) is 1. The van der Waals surface area contributed by atoms with Gasteiger partial charge in [0.25, 0.3) is 5.91 Å². The van der Waals surface area contributed by atoms with Crippen molar-refractivity contribution >= 4 is 5.91 Å². The molecule has 0 radical (unpaired) electrons. The molecule has 1 amide bonds. The molecule has 1 aromatic carbocycles. The molecule has 1 heterocycles. The highest BCUT2D eigenvalue weighted by Gasteiger charge is 2.19. The number of benzene rings is 1. The predicted octanol–water partition coefficient (Wildman–Crippen LogP) is 1.88. The van der Waals surface area contributed by atoms with E-state index < -0.39 is 11.9 Å². The third kappa shape index (κ3) is 3.44. The molecule has 1 atom stereocenters. The summed E-state index contributed by atoms with van der Waals surface area (Å²) in [5, 5.41) is 9.57. The number of likely N-dealkylation sites (tertiary alicyclic amines) is 1. The van der Waals surface area contributed by atoms with Crippen molar-refractivity contribution in [2.75, 3.05) is 19.7 Å². The van der Waals surface area contributed by atoms with E-state index in [1.54, 1.807) is 11.8 Å². The summed E-state index contributed by atoms with van der Waals surface area (Å²) in [7, 11) is 0. The first kappa shape index (κ1) is 13.8. The topological polar surface area (TPSA) is 49.8 Å². The summed E-state index contributed by atoms with van der Waals surface area (Å²) < 4.78 is 18.5. The zero-order valence-electron chi connectivity index (χ0n) is 10.9. The highest BCUT2D eigenvalue weighted by molar-refractivity contribution is 5.78. The number of halogens is 1. The van der Waals surface area contributed by atoms with E-state index in [4.69, 9.17) is 4.74 Å². The minimum absolute atomic E-state index is 0.0988. The van der Waals surface area contributed by atoms with Crippen LogP contribution in [0.4, 0.5) is 4.39 Å². The number of carbonyl (C=O) groups excluding carboxylic acids is 1. The van der Waals surface area contributed by atoms with Gasteiger partial charge in [-0.3, -0.25) is 4.79 Å². The fraction of sp³-hybridized carbons (Fsp3) is 0.500. The normalized spacial score (nSPS) is 16.5. The zero-order chi connectivity index (χ0) is 13.8. The van der Waals surface area contributed by atoms with Crippen molar-refractivity contribution in [2.45, 2.75) is 25.9 Å². The van der Waals surface area contributed by atoms with Crippen LogP contribution in [-0.4, -0.2) is 35.6 Å². The molecule has 1 fully saturated rings. The number of hydrogen-bond acceptors (Lipinski definition) is 3. The Bertz CT molecular complexity index is 456. The van der Waals surface area contributed by atoms with Crippen LogP contribution in [0, 0.1) is 5.82 Å². The van der Waals surface area contributed by atoms with Crippen LogP contribution in [-0.2, 0) is 4.79 Å². The largest absolute Gasteiger partial charge is 0.483 e. The van der Waals surface area contributed by atoms with Crippen molar-refractivity contribution in [1.82, 2.24) is 4.90 Å². The van der Waals surface area contributed by atoms with E-state index in [0.717, 1.165) is 25.9 Å². The molecule has 5 heteroatoms. The molecule has 0 spiro atoms. The van der Waals surface area contributed by atoms with Gasteiger partial charge in [0.15, 0.2) is 6.61 Å². The Kier molecular flexibility index (Phi) is 4.37. The third-order valence-electron chi connectivity index (χ3n) is 3.24. The van der Waals surface area contributed by atoms with E-state index in [1.807, 2.05) is 0 Å². The lowest BCUT2D eigenvalue weighted by Gasteiger charge is -2.17. The van der Waals surface area contributed by atoms with Gasteiger partial charge in [-0.05, 0) is 31.9 Å². The Hall–Kier alpha value is -1.62. The monoisotopic (exact) mass is 267 g/mol. The van der Waals surface area contributed by atoms with E-state index in [-0.39, 0.29) is 18.3 Å². The van der Waals surface area contributed by atoms with Gasteiger partial charge in [-0.15, -0.1) is 0 Å². The Morgan fingerprint density at radius 3 is 2.79 bits per heavy atom. The number of rotatable bonds is 4. The van der Waals surface area contributed by atoms with Crippen LogP contribution in [0.2, 0.25) is 0 Å². The quantitative estimate of drug-likeness (QED) is 0.906. The van der Waals surface area contributed by atoms with Crippen LogP contribution in [0.1, 0.15) is 31.4 Å². The first-order chi connectivity index (χ1) is 9.08. The number of hydrogen-bond donors (Lipinski definition) is 1. The molecule has 4 nitrogen and oxygen atoms in total. The molecule has 1 aliphatic rings. The maximum absolute atomic E-state index is 13.2. The first-order valence-corrected chi connectivity index (χ1v) is 6.46. The lowest BCUT2D eigenvalue weighted by molar-refractivity contribution is -0.132. The fourth-order valence-corrected chi connectivity index (χ4v) is 2.18. The van der Waals surface area contributed by atoms with Crippen molar-refractivity contribution in [3.8, 4) is 5.75 Å². The van der Waals surface area contributed by atoms with Crippen LogP contribution in [0.25, 0.3) is 0 Å². The van der Waals surface area contributed by atoms with Crippen LogP contribution < -0.4 is 4.74 Å². The Labute approximate surface area is 111 Å². The van der Waals surface area contributed by atoms with Crippen molar-refractivity contribution in [3.63, 3.8) is 0 Å². The summed E-state index contributed by atoms with van der Waals surface area (Å²) >= 11 is 0. The molecule has 104 valence electrons. The lowest BCUT2D eigenvalue weighted by Crippen LogP contribution is -2.32. The minimum atomic E-state index is -0.766. The molecule has 1 N–H and O–H groups in total. The maximum Gasteiger partial charge on any atom is 0.260 e. The van der Waals surface area contributed by atoms with Crippen LogP contribution in [0.3, 0.4) is 0 Å². The van der Waals surface area contributed by atoms with E-state index in [1.165, 1.54) is 18.2 Å². The highest BCUT2D eigenvalue weighted by Crippen LogP contribution is 2.26. The number of carbonyl (C=O) groups is 1.